The van der Waals surface area contributed by atoms with Gasteiger partial charge in [-0.15, -0.1) is 0 Å². The SMILES string of the molecule is CNNC(=NC=S)C1CCc2[nH]c3ccc(C)cc3c2C1. The molecule has 3 N–H and O–H groups in total. The summed E-state index contributed by atoms with van der Waals surface area (Å²) >= 11 is 4.88. The molecule has 0 spiro atoms. The van der Waals surface area contributed by atoms with E-state index in [1.165, 1.54) is 33.2 Å². The molecule has 0 amide bonds. The van der Waals surface area contributed by atoms with Crippen LogP contribution in [0.15, 0.2) is 23.2 Å². The number of benzene rings is 1. The fraction of sp³-hybridized carbons (Fsp3) is 0.375. The zero-order chi connectivity index (χ0) is 14.8. The van der Waals surface area contributed by atoms with E-state index < -0.39 is 0 Å². The molecule has 1 unspecified atom stereocenters. The number of nitrogens with one attached hydrogen (secondary N) is 3. The van der Waals surface area contributed by atoms with E-state index in [2.05, 4.69) is 46.0 Å². The molecule has 0 aliphatic heterocycles. The van der Waals surface area contributed by atoms with Crippen molar-refractivity contribution < 1.29 is 0 Å². The van der Waals surface area contributed by atoms with Gasteiger partial charge in [0.05, 0.1) is 5.49 Å². The van der Waals surface area contributed by atoms with Crippen molar-refractivity contribution in [1.82, 2.24) is 15.8 Å². The average molecular weight is 300 g/mol. The molecule has 4 nitrogen and oxygen atoms in total. The zero-order valence-corrected chi connectivity index (χ0v) is 13.2. The van der Waals surface area contributed by atoms with Crippen LogP contribution in [0, 0.1) is 12.8 Å². The number of aryl methyl sites for hydroxylation is 2. The van der Waals surface area contributed by atoms with Gasteiger partial charge in [0.1, 0.15) is 5.84 Å². The Morgan fingerprint density at radius 1 is 1.48 bits per heavy atom. The number of nitrogens with zero attached hydrogens (tertiary/aromatic N) is 1. The molecule has 0 bridgehead atoms. The molecule has 1 aliphatic carbocycles. The first kappa shape index (κ1) is 14.2. The maximum atomic E-state index is 4.88. The van der Waals surface area contributed by atoms with Gasteiger partial charge in [-0.1, -0.05) is 23.8 Å². The Labute approximate surface area is 130 Å². The Hall–Kier alpha value is -1.72. The van der Waals surface area contributed by atoms with Gasteiger partial charge in [0, 0.05) is 29.6 Å². The van der Waals surface area contributed by atoms with Crippen molar-refractivity contribution in [3.8, 4) is 0 Å². The fourth-order valence-electron chi connectivity index (χ4n) is 3.19. The molecule has 1 atom stereocenters. The Bertz CT molecular complexity index is 702. The van der Waals surface area contributed by atoms with Crippen LogP contribution in [0.5, 0.6) is 0 Å². The number of aromatic nitrogens is 1. The van der Waals surface area contributed by atoms with Gasteiger partial charge in [0.2, 0.25) is 0 Å². The van der Waals surface area contributed by atoms with Gasteiger partial charge in [-0.05, 0) is 43.9 Å². The number of rotatable bonds is 3. The van der Waals surface area contributed by atoms with E-state index in [1.807, 2.05) is 7.05 Å². The van der Waals surface area contributed by atoms with Crippen LogP contribution in [0.2, 0.25) is 0 Å². The van der Waals surface area contributed by atoms with Gasteiger partial charge in [0.15, 0.2) is 0 Å². The first-order valence-corrected chi connectivity index (χ1v) is 7.74. The van der Waals surface area contributed by atoms with E-state index in [0.29, 0.717) is 5.92 Å². The van der Waals surface area contributed by atoms with Crippen LogP contribution < -0.4 is 10.9 Å². The lowest BCUT2D eigenvalue weighted by Gasteiger charge is -2.24. The second-order valence-electron chi connectivity index (χ2n) is 5.57. The van der Waals surface area contributed by atoms with Crippen LogP contribution >= 0.6 is 12.2 Å². The largest absolute Gasteiger partial charge is 0.358 e. The lowest BCUT2D eigenvalue weighted by Crippen LogP contribution is -2.41. The molecule has 1 aromatic carbocycles. The summed E-state index contributed by atoms with van der Waals surface area (Å²) < 4.78 is 0. The highest BCUT2D eigenvalue weighted by atomic mass is 32.1. The second kappa shape index (κ2) is 5.95. The Kier molecular flexibility index (Phi) is 4.03. The van der Waals surface area contributed by atoms with Crippen molar-refractivity contribution in [2.75, 3.05) is 7.05 Å². The number of hydrogen-bond donors (Lipinski definition) is 3. The fourth-order valence-corrected chi connectivity index (χ4v) is 3.30. The number of hydrazine groups is 1. The maximum absolute atomic E-state index is 4.88. The van der Waals surface area contributed by atoms with Crippen molar-refractivity contribution in [3.05, 3.63) is 35.0 Å². The molecule has 5 heteroatoms. The van der Waals surface area contributed by atoms with Gasteiger partial charge < -0.3 is 10.4 Å². The van der Waals surface area contributed by atoms with Crippen molar-refractivity contribution in [2.45, 2.75) is 26.2 Å². The summed E-state index contributed by atoms with van der Waals surface area (Å²) in [6, 6.07) is 6.60. The number of thiocarbonyl (C=S) groups is 1. The van der Waals surface area contributed by atoms with Crippen LogP contribution in [0.25, 0.3) is 10.9 Å². The van der Waals surface area contributed by atoms with Crippen molar-refractivity contribution in [1.29, 1.82) is 0 Å². The van der Waals surface area contributed by atoms with E-state index in [0.717, 1.165) is 25.1 Å². The summed E-state index contributed by atoms with van der Waals surface area (Å²) in [6.07, 6.45) is 3.13. The third-order valence-corrected chi connectivity index (χ3v) is 4.28. The highest BCUT2D eigenvalue weighted by molar-refractivity contribution is 7.78. The molecule has 21 heavy (non-hydrogen) atoms. The van der Waals surface area contributed by atoms with Crippen LogP contribution in [0.1, 0.15) is 23.2 Å². The third-order valence-electron chi connectivity index (χ3n) is 4.17. The third kappa shape index (κ3) is 2.71. The summed E-state index contributed by atoms with van der Waals surface area (Å²) in [4.78, 5) is 7.88. The predicted molar refractivity (Wildman–Crippen MR) is 91.8 cm³/mol. The second-order valence-corrected chi connectivity index (χ2v) is 5.78. The minimum absolute atomic E-state index is 0.378. The normalized spacial score (nSPS) is 18.6. The summed E-state index contributed by atoms with van der Waals surface area (Å²) in [6.45, 7) is 2.14. The molecule has 1 aromatic heterocycles. The lowest BCUT2D eigenvalue weighted by atomic mass is 9.85. The highest BCUT2D eigenvalue weighted by Crippen LogP contribution is 2.32. The minimum atomic E-state index is 0.378. The molecule has 2 aromatic rings. The van der Waals surface area contributed by atoms with E-state index >= 15 is 0 Å². The Balaban J connectivity index is 1.97. The maximum Gasteiger partial charge on any atom is 0.120 e. The Morgan fingerprint density at radius 3 is 3.10 bits per heavy atom. The predicted octanol–water partition coefficient (Wildman–Crippen LogP) is 2.66. The van der Waals surface area contributed by atoms with Crippen LogP contribution in [0.4, 0.5) is 0 Å². The lowest BCUT2D eigenvalue weighted by molar-refractivity contribution is 0.554. The Morgan fingerprint density at radius 2 is 2.33 bits per heavy atom. The first-order valence-electron chi connectivity index (χ1n) is 7.27. The molecule has 0 fully saturated rings. The van der Waals surface area contributed by atoms with E-state index in [-0.39, 0.29) is 0 Å². The van der Waals surface area contributed by atoms with Gasteiger partial charge in [-0.3, -0.25) is 0 Å². The smallest absolute Gasteiger partial charge is 0.120 e. The number of aromatic amines is 1. The standard InChI is InChI=1S/C16H20N4S/c1-10-3-5-14-12(7-10)13-8-11(4-6-15(13)19-14)16(18-9-21)20-17-2/h3,5,7,9,11,17,19H,4,6,8H2,1-2H3,(H,18,20,21). The molecule has 0 saturated heterocycles. The van der Waals surface area contributed by atoms with Gasteiger partial charge in [-0.2, -0.15) is 0 Å². The number of fused-ring (bicyclic) bond motifs is 3. The summed E-state index contributed by atoms with van der Waals surface area (Å²) in [5.41, 5.74) is 12.9. The van der Waals surface area contributed by atoms with Gasteiger partial charge in [-0.25, -0.2) is 10.4 Å². The van der Waals surface area contributed by atoms with E-state index in [1.54, 1.807) is 0 Å². The monoisotopic (exact) mass is 300 g/mol. The first-order chi connectivity index (χ1) is 10.2. The van der Waals surface area contributed by atoms with E-state index in [4.69, 9.17) is 12.2 Å². The average Bonchev–Trinajstić information content (AvgIpc) is 2.84. The minimum Gasteiger partial charge on any atom is -0.358 e. The molecular formula is C16H20N4S. The molecule has 1 heterocycles. The highest BCUT2D eigenvalue weighted by Gasteiger charge is 2.25. The number of aliphatic imine (C=N–C) groups is 1. The topological polar surface area (TPSA) is 52.2 Å². The molecular weight excluding hydrogens is 280 g/mol. The molecule has 0 radical (unpaired) electrons. The van der Waals surface area contributed by atoms with Gasteiger partial charge >= 0.3 is 0 Å². The van der Waals surface area contributed by atoms with Crippen molar-refractivity contribution >= 4 is 34.4 Å². The number of hydrogen-bond acceptors (Lipinski definition) is 2. The van der Waals surface area contributed by atoms with Gasteiger partial charge in [0.25, 0.3) is 0 Å². The van der Waals surface area contributed by atoms with E-state index in [9.17, 15) is 0 Å². The summed E-state index contributed by atoms with van der Waals surface area (Å²) in [5.74, 6) is 1.31. The zero-order valence-electron chi connectivity index (χ0n) is 12.4. The summed E-state index contributed by atoms with van der Waals surface area (Å²) in [5, 5.41) is 1.35. The van der Waals surface area contributed by atoms with Crippen LogP contribution in [-0.2, 0) is 12.8 Å². The van der Waals surface area contributed by atoms with Crippen molar-refractivity contribution in [3.63, 3.8) is 0 Å². The molecule has 110 valence electrons. The molecule has 3 rings (SSSR count). The quantitative estimate of drug-likeness (QED) is 0.353. The van der Waals surface area contributed by atoms with Crippen LogP contribution in [-0.4, -0.2) is 23.4 Å². The molecule has 0 saturated carbocycles. The molecule has 1 aliphatic rings. The van der Waals surface area contributed by atoms with Crippen molar-refractivity contribution in [2.24, 2.45) is 10.9 Å². The number of H-pyrrole nitrogens is 1. The number of amidine groups is 1. The summed E-state index contributed by atoms with van der Waals surface area (Å²) in [7, 11) is 1.85. The van der Waals surface area contributed by atoms with Crippen LogP contribution in [0.3, 0.4) is 0 Å².